The summed E-state index contributed by atoms with van der Waals surface area (Å²) in [5, 5.41) is 5.96. The van der Waals surface area contributed by atoms with E-state index in [1.54, 1.807) is 7.11 Å². The van der Waals surface area contributed by atoms with E-state index in [1.807, 2.05) is 60.1 Å². The first-order valence-corrected chi connectivity index (χ1v) is 9.09. The Kier molecular flexibility index (Phi) is 5.64. The number of aryl methyl sites for hydroxylation is 1. The van der Waals surface area contributed by atoms with Crippen LogP contribution in [0.4, 0.5) is 4.79 Å². The fourth-order valence-corrected chi connectivity index (χ4v) is 3.03. The Balaban J connectivity index is 1.63. The van der Waals surface area contributed by atoms with Gasteiger partial charge in [0.1, 0.15) is 11.4 Å². The molecule has 142 valence electrons. The van der Waals surface area contributed by atoms with Crippen molar-refractivity contribution in [2.45, 2.75) is 33.4 Å². The second kappa shape index (κ2) is 8.12. The minimum atomic E-state index is -0.210. The normalized spacial score (nSPS) is 12.2. The van der Waals surface area contributed by atoms with Crippen LogP contribution in [-0.4, -0.2) is 22.5 Å². The Morgan fingerprint density at radius 2 is 1.96 bits per heavy atom. The molecule has 0 aliphatic heterocycles. The van der Waals surface area contributed by atoms with Crippen LogP contribution >= 0.6 is 0 Å². The molecule has 2 amide bonds. The summed E-state index contributed by atoms with van der Waals surface area (Å²) in [5.74, 6) is 1.05. The number of benzene rings is 1. The van der Waals surface area contributed by atoms with Gasteiger partial charge in [0.05, 0.1) is 25.4 Å². The summed E-state index contributed by atoms with van der Waals surface area (Å²) in [4.78, 5) is 17.0. The van der Waals surface area contributed by atoms with Crippen LogP contribution in [-0.2, 0) is 6.54 Å². The number of aromatic nitrogens is 2. The fourth-order valence-electron chi connectivity index (χ4n) is 3.03. The van der Waals surface area contributed by atoms with Crippen LogP contribution in [0.25, 0.3) is 5.65 Å². The third-order valence-electron chi connectivity index (χ3n) is 4.52. The van der Waals surface area contributed by atoms with E-state index >= 15 is 0 Å². The number of nitrogens with one attached hydrogen (secondary N) is 2. The van der Waals surface area contributed by atoms with Crippen LogP contribution in [0, 0.1) is 12.8 Å². The number of fused-ring (bicyclic) bond motifs is 1. The van der Waals surface area contributed by atoms with Crippen LogP contribution < -0.4 is 15.4 Å². The van der Waals surface area contributed by atoms with Crippen molar-refractivity contribution in [3.8, 4) is 5.75 Å². The van der Waals surface area contributed by atoms with Crippen LogP contribution in [0.1, 0.15) is 36.7 Å². The van der Waals surface area contributed by atoms with Crippen molar-refractivity contribution in [2.75, 3.05) is 7.11 Å². The lowest BCUT2D eigenvalue weighted by atomic mass is 9.96. The highest BCUT2D eigenvalue weighted by molar-refractivity contribution is 5.74. The van der Waals surface area contributed by atoms with Crippen molar-refractivity contribution < 1.29 is 9.53 Å². The zero-order valence-electron chi connectivity index (χ0n) is 16.2. The standard InChI is InChI=1S/C21H26N4O2/c1-14(2)20(16-5-7-18(27-4)8-6-16)24-21(26)22-12-17-13-25-10-9-15(3)11-19(25)23-17/h5-11,13-14,20H,12H2,1-4H3,(H2,22,24,26)/t20-/m0/s1. The maximum absolute atomic E-state index is 12.4. The van der Waals surface area contributed by atoms with Gasteiger partial charge in [-0.25, -0.2) is 9.78 Å². The van der Waals surface area contributed by atoms with E-state index in [4.69, 9.17) is 4.74 Å². The topological polar surface area (TPSA) is 67.7 Å². The van der Waals surface area contributed by atoms with Gasteiger partial charge in [0.15, 0.2) is 0 Å². The largest absolute Gasteiger partial charge is 0.497 e. The zero-order valence-corrected chi connectivity index (χ0v) is 16.2. The molecule has 0 aliphatic carbocycles. The number of carbonyl (C=O) groups is 1. The summed E-state index contributed by atoms with van der Waals surface area (Å²) >= 11 is 0. The molecule has 0 fully saturated rings. The number of urea groups is 1. The first kappa shape index (κ1) is 18.8. The highest BCUT2D eigenvalue weighted by Crippen LogP contribution is 2.23. The number of nitrogens with zero attached hydrogens (tertiary/aromatic N) is 2. The van der Waals surface area contributed by atoms with E-state index in [0.717, 1.165) is 28.2 Å². The molecular weight excluding hydrogens is 340 g/mol. The molecule has 0 spiro atoms. The second-order valence-electron chi connectivity index (χ2n) is 7.02. The van der Waals surface area contributed by atoms with Crippen molar-refractivity contribution in [1.82, 2.24) is 20.0 Å². The number of imidazole rings is 1. The Labute approximate surface area is 159 Å². The van der Waals surface area contributed by atoms with Crippen LogP contribution in [0.3, 0.4) is 0 Å². The van der Waals surface area contributed by atoms with E-state index in [9.17, 15) is 4.79 Å². The predicted octanol–water partition coefficient (Wildman–Crippen LogP) is 3.85. The molecule has 1 atom stereocenters. The number of carbonyl (C=O) groups excluding carboxylic acids is 1. The number of pyridine rings is 1. The van der Waals surface area contributed by atoms with Gasteiger partial charge in [-0.05, 0) is 48.2 Å². The number of rotatable bonds is 6. The lowest BCUT2D eigenvalue weighted by Gasteiger charge is -2.23. The fraction of sp³-hybridized carbons (Fsp3) is 0.333. The molecule has 1 aromatic carbocycles. The molecule has 3 rings (SSSR count). The minimum Gasteiger partial charge on any atom is -0.497 e. The van der Waals surface area contributed by atoms with Crippen LogP contribution in [0.5, 0.6) is 5.75 Å². The summed E-state index contributed by atoms with van der Waals surface area (Å²) in [6.45, 7) is 6.57. The molecule has 2 heterocycles. The lowest BCUT2D eigenvalue weighted by molar-refractivity contribution is 0.232. The zero-order chi connectivity index (χ0) is 19.4. The molecule has 6 heteroatoms. The smallest absolute Gasteiger partial charge is 0.315 e. The van der Waals surface area contributed by atoms with Crippen molar-refractivity contribution in [3.05, 3.63) is 65.6 Å². The number of amides is 2. The first-order chi connectivity index (χ1) is 13.0. The number of ether oxygens (including phenoxy) is 1. The average molecular weight is 366 g/mol. The molecule has 0 saturated carbocycles. The average Bonchev–Trinajstić information content (AvgIpc) is 3.06. The third-order valence-corrected chi connectivity index (χ3v) is 4.52. The van der Waals surface area contributed by atoms with Gasteiger partial charge >= 0.3 is 6.03 Å². The predicted molar refractivity (Wildman–Crippen MR) is 106 cm³/mol. The molecule has 0 saturated heterocycles. The van der Waals surface area contributed by atoms with Crippen molar-refractivity contribution in [1.29, 1.82) is 0 Å². The lowest BCUT2D eigenvalue weighted by Crippen LogP contribution is -2.39. The second-order valence-corrected chi connectivity index (χ2v) is 7.02. The highest BCUT2D eigenvalue weighted by Gasteiger charge is 2.18. The molecule has 6 nitrogen and oxygen atoms in total. The summed E-state index contributed by atoms with van der Waals surface area (Å²) in [6.07, 6.45) is 3.90. The summed E-state index contributed by atoms with van der Waals surface area (Å²) < 4.78 is 7.16. The third kappa shape index (κ3) is 4.58. The Morgan fingerprint density at radius 3 is 2.63 bits per heavy atom. The molecule has 2 aromatic heterocycles. The Morgan fingerprint density at radius 1 is 1.22 bits per heavy atom. The molecule has 0 bridgehead atoms. The number of methoxy groups -OCH3 is 1. The highest BCUT2D eigenvalue weighted by atomic mass is 16.5. The van der Waals surface area contributed by atoms with Crippen molar-refractivity contribution in [2.24, 2.45) is 5.92 Å². The molecule has 2 N–H and O–H groups in total. The Bertz CT molecular complexity index is 916. The van der Waals surface area contributed by atoms with Gasteiger partial charge in [0.25, 0.3) is 0 Å². The maximum atomic E-state index is 12.4. The van der Waals surface area contributed by atoms with Crippen LogP contribution in [0.2, 0.25) is 0 Å². The summed E-state index contributed by atoms with van der Waals surface area (Å²) in [5.41, 5.74) is 3.90. The quantitative estimate of drug-likeness (QED) is 0.696. The SMILES string of the molecule is COc1ccc([C@@H](NC(=O)NCc2cn3ccc(C)cc3n2)C(C)C)cc1. The van der Waals surface area contributed by atoms with Gasteiger partial charge in [0.2, 0.25) is 0 Å². The summed E-state index contributed by atoms with van der Waals surface area (Å²) in [7, 11) is 1.64. The number of hydrogen-bond acceptors (Lipinski definition) is 3. The molecule has 0 unspecified atom stereocenters. The first-order valence-electron chi connectivity index (χ1n) is 9.09. The van der Waals surface area contributed by atoms with E-state index in [-0.39, 0.29) is 18.0 Å². The van der Waals surface area contributed by atoms with Gasteiger partial charge in [-0.15, -0.1) is 0 Å². The van der Waals surface area contributed by atoms with E-state index in [2.05, 4.69) is 29.5 Å². The van der Waals surface area contributed by atoms with E-state index < -0.39 is 0 Å². The number of hydrogen-bond donors (Lipinski definition) is 2. The Hall–Kier alpha value is -3.02. The van der Waals surface area contributed by atoms with Crippen LogP contribution in [0.15, 0.2) is 48.8 Å². The minimum absolute atomic E-state index is 0.0837. The molecule has 0 aliphatic rings. The maximum Gasteiger partial charge on any atom is 0.315 e. The molecular formula is C21H26N4O2. The molecule has 0 radical (unpaired) electrons. The molecule has 27 heavy (non-hydrogen) atoms. The van der Waals surface area contributed by atoms with E-state index in [0.29, 0.717) is 6.54 Å². The van der Waals surface area contributed by atoms with E-state index in [1.165, 1.54) is 0 Å². The van der Waals surface area contributed by atoms with Gasteiger partial charge in [-0.1, -0.05) is 26.0 Å². The van der Waals surface area contributed by atoms with Gasteiger partial charge in [-0.2, -0.15) is 0 Å². The van der Waals surface area contributed by atoms with Crippen molar-refractivity contribution >= 4 is 11.7 Å². The molecule has 3 aromatic rings. The monoisotopic (exact) mass is 366 g/mol. The van der Waals surface area contributed by atoms with Gasteiger partial charge in [0, 0.05) is 12.4 Å². The van der Waals surface area contributed by atoms with Gasteiger partial charge < -0.3 is 19.8 Å². The van der Waals surface area contributed by atoms with Crippen molar-refractivity contribution in [3.63, 3.8) is 0 Å². The van der Waals surface area contributed by atoms with Gasteiger partial charge in [-0.3, -0.25) is 0 Å². The summed E-state index contributed by atoms with van der Waals surface area (Å²) in [6, 6.07) is 11.5.